The summed E-state index contributed by atoms with van der Waals surface area (Å²) in [6.45, 7) is 11.8. The second kappa shape index (κ2) is 3.45. The van der Waals surface area contributed by atoms with Crippen LogP contribution in [-0.4, -0.2) is 6.29 Å². The molecule has 0 saturated heterocycles. The molecule has 1 fully saturated rings. The highest BCUT2D eigenvalue weighted by Gasteiger charge is 2.55. The monoisotopic (exact) mass is 220 g/mol. The number of hydrogen-bond acceptors (Lipinski definition) is 1. The number of carbonyl (C=O) groups excluding carboxylic acids is 1. The Hall–Kier alpha value is -0.590. The molecule has 1 heteroatoms. The van der Waals surface area contributed by atoms with Gasteiger partial charge in [-0.3, -0.25) is 4.79 Å². The summed E-state index contributed by atoms with van der Waals surface area (Å²) in [6.07, 6.45) is 4.58. The molecule has 16 heavy (non-hydrogen) atoms. The Morgan fingerprint density at radius 2 is 1.88 bits per heavy atom. The van der Waals surface area contributed by atoms with Crippen molar-refractivity contribution < 1.29 is 4.79 Å². The van der Waals surface area contributed by atoms with Gasteiger partial charge in [-0.2, -0.15) is 0 Å². The van der Waals surface area contributed by atoms with Crippen molar-refractivity contribution >= 4 is 6.29 Å². The van der Waals surface area contributed by atoms with Crippen LogP contribution < -0.4 is 0 Å². The van der Waals surface area contributed by atoms with Gasteiger partial charge in [-0.25, -0.2) is 0 Å². The van der Waals surface area contributed by atoms with Crippen molar-refractivity contribution in [2.45, 2.75) is 53.9 Å². The van der Waals surface area contributed by atoms with E-state index in [4.69, 9.17) is 0 Å². The van der Waals surface area contributed by atoms with Crippen LogP contribution >= 0.6 is 0 Å². The molecule has 0 radical (unpaired) electrons. The average Bonchev–Trinajstić information content (AvgIpc) is 2.38. The quantitative estimate of drug-likeness (QED) is 0.611. The predicted octanol–water partition coefficient (Wildman–Crippen LogP) is 3.98. The topological polar surface area (TPSA) is 17.1 Å². The Kier molecular flexibility index (Phi) is 2.56. The smallest absolute Gasteiger partial charge is 0.146 e. The lowest BCUT2D eigenvalue weighted by atomic mass is 9.71. The molecule has 0 amide bonds. The Balaban J connectivity index is 2.60. The summed E-state index contributed by atoms with van der Waals surface area (Å²) < 4.78 is 0. The first kappa shape index (κ1) is 11.9. The summed E-state index contributed by atoms with van der Waals surface area (Å²) >= 11 is 0. The molecule has 2 aliphatic carbocycles. The minimum absolute atomic E-state index is 0.199. The Morgan fingerprint density at radius 1 is 1.25 bits per heavy atom. The van der Waals surface area contributed by atoms with Crippen molar-refractivity contribution in [3.8, 4) is 0 Å². The molecular formula is C15H24O. The first-order valence-corrected chi connectivity index (χ1v) is 6.52. The second-order valence-electron chi connectivity index (χ2n) is 6.77. The third-order valence-corrected chi connectivity index (χ3v) is 5.57. The van der Waals surface area contributed by atoms with Crippen molar-refractivity contribution in [3.05, 3.63) is 11.1 Å². The number of allylic oxidation sites excluding steroid dienone is 2. The fourth-order valence-corrected chi connectivity index (χ4v) is 4.19. The third kappa shape index (κ3) is 1.33. The van der Waals surface area contributed by atoms with Crippen LogP contribution in [0.2, 0.25) is 0 Å². The SMILES string of the molecule is CC1C(C)(C)C2=C(C=O)CCCC2C1(C)C. The molecule has 0 aromatic heterocycles. The van der Waals surface area contributed by atoms with Crippen LogP contribution in [0.1, 0.15) is 53.9 Å². The number of hydrogen-bond donors (Lipinski definition) is 0. The van der Waals surface area contributed by atoms with Crippen LogP contribution in [0.3, 0.4) is 0 Å². The van der Waals surface area contributed by atoms with Crippen molar-refractivity contribution in [1.82, 2.24) is 0 Å². The van der Waals surface area contributed by atoms with E-state index < -0.39 is 0 Å². The van der Waals surface area contributed by atoms with E-state index in [0.29, 0.717) is 17.3 Å². The van der Waals surface area contributed by atoms with Crippen LogP contribution in [-0.2, 0) is 4.79 Å². The van der Waals surface area contributed by atoms with Gasteiger partial charge in [0.1, 0.15) is 6.29 Å². The molecule has 1 nitrogen and oxygen atoms in total. The zero-order valence-corrected chi connectivity index (χ0v) is 11.3. The first-order valence-electron chi connectivity index (χ1n) is 6.52. The van der Waals surface area contributed by atoms with Crippen molar-refractivity contribution in [2.75, 3.05) is 0 Å². The maximum atomic E-state index is 11.3. The van der Waals surface area contributed by atoms with E-state index in [2.05, 4.69) is 34.6 Å². The minimum Gasteiger partial charge on any atom is -0.298 e. The fraction of sp³-hybridized carbons (Fsp3) is 0.800. The fourth-order valence-electron chi connectivity index (χ4n) is 4.19. The highest BCUT2D eigenvalue weighted by molar-refractivity contribution is 5.76. The van der Waals surface area contributed by atoms with E-state index in [-0.39, 0.29) is 5.41 Å². The molecule has 0 aliphatic heterocycles. The number of aldehydes is 1. The van der Waals surface area contributed by atoms with Crippen molar-refractivity contribution in [3.63, 3.8) is 0 Å². The van der Waals surface area contributed by atoms with E-state index in [0.717, 1.165) is 18.3 Å². The van der Waals surface area contributed by atoms with Gasteiger partial charge in [-0.15, -0.1) is 0 Å². The number of rotatable bonds is 1. The van der Waals surface area contributed by atoms with Crippen LogP contribution in [0.15, 0.2) is 11.1 Å². The van der Waals surface area contributed by atoms with Crippen LogP contribution in [0.5, 0.6) is 0 Å². The van der Waals surface area contributed by atoms with E-state index in [9.17, 15) is 4.79 Å². The summed E-state index contributed by atoms with van der Waals surface area (Å²) in [6, 6.07) is 0. The molecule has 0 bridgehead atoms. The lowest BCUT2D eigenvalue weighted by molar-refractivity contribution is -0.105. The molecule has 0 spiro atoms. The lowest BCUT2D eigenvalue weighted by Gasteiger charge is -2.33. The zero-order valence-electron chi connectivity index (χ0n) is 11.3. The molecule has 90 valence electrons. The maximum Gasteiger partial charge on any atom is 0.146 e. The van der Waals surface area contributed by atoms with Gasteiger partial charge in [-0.05, 0) is 47.5 Å². The minimum atomic E-state index is 0.199. The van der Waals surface area contributed by atoms with E-state index in [1.54, 1.807) is 0 Å². The molecule has 2 aliphatic rings. The normalized spacial score (nSPS) is 36.1. The molecule has 2 atom stereocenters. The Labute approximate surface area is 99.3 Å². The molecule has 1 saturated carbocycles. The number of carbonyl (C=O) groups is 1. The van der Waals surface area contributed by atoms with Crippen LogP contribution in [0, 0.1) is 22.7 Å². The highest BCUT2D eigenvalue weighted by Crippen LogP contribution is 2.63. The van der Waals surface area contributed by atoms with Crippen molar-refractivity contribution in [1.29, 1.82) is 0 Å². The van der Waals surface area contributed by atoms with E-state index >= 15 is 0 Å². The van der Waals surface area contributed by atoms with Crippen LogP contribution in [0.4, 0.5) is 0 Å². The molecule has 0 heterocycles. The van der Waals surface area contributed by atoms with Gasteiger partial charge in [0.15, 0.2) is 0 Å². The van der Waals surface area contributed by atoms with Gasteiger partial charge >= 0.3 is 0 Å². The summed E-state index contributed by atoms with van der Waals surface area (Å²) in [7, 11) is 0. The molecule has 2 unspecified atom stereocenters. The predicted molar refractivity (Wildman–Crippen MR) is 67.2 cm³/mol. The molecule has 0 aromatic rings. The lowest BCUT2D eigenvalue weighted by Crippen LogP contribution is -2.27. The maximum absolute atomic E-state index is 11.3. The molecular weight excluding hydrogens is 196 g/mol. The summed E-state index contributed by atoms with van der Waals surface area (Å²) in [4.78, 5) is 11.3. The van der Waals surface area contributed by atoms with Gasteiger partial charge in [0.25, 0.3) is 0 Å². The van der Waals surface area contributed by atoms with Gasteiger partial charge in [-0.1, -0.05) is 40.2 Å². The third-order valence-electron chi connectivity index (χ3n) is 5.57. The number of fused-ring (bicyclic) bond motifs is 1. The Bertz CT molecular complexity index is 346. The molecule has 0 N–H and O–H groups in total. The zero-order chi connectivity index (χ0) is 12.1. The summed E-state index contributed by atoms with van der Waals surface area (Å²) in [5, 5.41) is 0. The largest absolute Gasteiger partial charge is 0.298 e. The van der Waals surface area contributed by atoms with Gasteiger partial charge in [0, 0.05) is 0 Å². The van der Waals surface area contributed by atoms with Gasteiger partial charge < -0.3 is 0 Å². The Morgan fingerprint density at radius 3 is 2.44 bits per heavy atom. The first-order chi connectivity index (χ1) is 7.33. The standard InChI is InChI=1S/C15H24O/c1-10-14(2,3)12-8-6-7-11(9-16)13(12)15(10,4)5/h9-10,12H,6-8H2,1-5H3. The van der Waals surface area contributed by atoms with E-state index in [1.807, 2.05) is 0 Å². The molecule has 0 aromatic carbocycles. The highest BCUT2D eigenvalue weighted by atomic mass is 16.1. The van der Waals surface area contributed by atoms with Crippen LogP contribution in [0.25, 0.3) is 0 Å². The van der Waals surface area contributed by atoms with Crippen molar-refractivity contribution in [2.24, 2.45) is 22.7 Å². The summed E-state index contributed by atoms with van der Waals surface area (Å²) in [5.74, 6) is 1.28. The average molecular weight is 220 g/mol. The van der Waals surface area contributed by atoms with Gasteiger partial charge in [0.2, 0.25) is 0 Å². The summed E-state index contributed by atoms with van der Waals surface area (Å²) in [5.41, 5.74) is 3.13. The van der Waals surface area contributed by atoms with Gasteiger partial charge in [0.05, 0.1) is 0 Å². The molecule has 2 rings (SSSR count). The second-order valence-corrected chi connectivity index (χ2v) is 6.77. The van der Waals surface area contributed by atoms with E-state index in [1.165, 1.54) is 18.4 Å².